The first kappa shape index (κ1) is 22.2. The van der Waals surface area contributed by atoms with E-state index in [1.54, 1.807) is 24.3 Å². The van der Waals surface area contributed by atoms with Gasteiger partial charge in [0.05, 0.1) is 11.0 Å². The van der Waals surface area contributed by atoms with Gasteiger partial charge in [0.25, 0.3) is 0 Å². The normalized spacial score (nSPS) is 14.4. The van der Waals surface area contributed by atoms with E-state index in [9.17, 15) is 8.42 Å². The molecule has 1 aromatic carbocycles. The number of nitrogens with one attached hydrogen (secondary N) is 1. The highest BCUT2D eigenvalue weighted by Crippen LogP contribution is 2.21. The van der Waals surface area contributed by atoms with Crippen molar-refractivity contribution in [3.8, 4) is 5.75 Å². The number of ether oxygens (including phenoxy) is 1. The average Bonchev–Trinajstić information content (AvgIpc) is 2.37. The van der Waals surface area contributed by atoms with Crippen LogP contribution in [-0.2, 0) is 10.0 Å². The third kappa shape index (κ3) is 7.08. The maximum atomic E-state index is 12.5. The molecule has 0 bridgehead atoms. The van der Waals surface area contributed by atoms with Crippen molar-refractivity contribution in [2.45, 2.75) is 57.6 Å². The van der Waals surface area contributed by atoms with Crippen LogP contribution in [0.3, 0.4) is 0 Å². The van der Waals surface area contributed by atoms with Gasteiger partial charge in [0.2, 0.25) is 10.0 Å². The zero-order valence-electron chi connectivity index (χ0n) is 14.5. The Balaban J connectivity index is 0.00000484. The topological polar surface area (TPSA) is 81.4 Å². The predicted octanol–water partition coefficient (Wildman–Crippen LogP) is 2.94. The van der Waals surface area contributed by atoms with Gasteiger partial charge in [-0.25, -0.2) is 13.1 Å². The molecule has 0 aliphatic heterocycles. The molecule has 0 saturated heterocycles. The molecule has 0 heterocycles. The summed E-state index contributed by atoms with van der Waals surface area (Å²) in [4.78, 5) is 0.215. The Bertz CT molecular complexity index is 573. The summed E-state index contributed by atoms with van der Waals surface area (Å²) >= 11 is 0. The van der Waals surface area contributed by atoms with E-state index in [0.717, 1.165) is 0 Å². The molecule has 0 aromatic heterocycles. The summed E-state index contributed by atoms with van der Waals surface area (Å²) < 4.78 is 33.3. The van der Waals surface area contributed by atoms with Gasteiger partial charge >= 0.3 is 0 Å². The lowest BCUT2D eigenvalue weighted by Crippen LogP contribution is -2.51. The molecule has 0 amide bonds. The summed E-state index contributed by atoms with van der Waals surface area (Å²) in [5.41, 5.74) is 5.12. The highest BCUT2D eigenvalue weighted by molar-refractivity contribution is 7.89. The molecular formula is C16H29ClN2O3S. The highest BCUT2D eigenvalue weighted by Gasteiger charge is 2.30. The number of sulfonamides is 1. The number of benzene rings is 1. The van der Waals surface area contributed by atoms with Crippen molar-refractivity contribution in [2.24, 2.45) is 11.7 Å². The van der Waals surface area contributed by atoms with E-state index in [4.69, 9.17) is 10.5 Å². The summed E-state index contributed by atoms with van der Waals surface area (Å²) in [6.45, 7) is 10.0. The van der Waals surface area contributed by atoms with Gasteiger partial charge in [-0.2, -0.15) is 0 Å². The quantitative estimate of drug-likeness (QED) is 0.743. The van der Waals surface area contributed by atoms with Crippen molar-refractivity contribution in [1.29, 1.82) is 0 Å². The first-order valence-corrected chi connectivity index (χ1v) is 9.07. The second-order valence-corrected chi connectivity index (χ2v) is 8.29. The summed E-state index contributed by atoms with van der Waals surface area (Å²) in [7, 11) is -3.61. The van der Waals surface area contributed by atoms with Crippen LogP contribution in [0.4, 0.5) is 0 Å². The van der Waals surface area contributed by atoms with Crippen LogP contribution in [0.5, 0.6) is 5.75 Å². The summed E-state index contributed by atoms with van der Waals surface area (Å²) in [6.07, 6.45) is 0.726. The smallest absolute Gasteiger partial charge is 0.241 e. The molecule has 0 radical (unpaired) electrons. The van der Waals surface area contributed by atoms with E-state index in [1.807, 2.05) is 34.6 Å². The number of rotatable bonds is 8. The monoisotopic (exact) mass is 364 g/mol. The number of halogens is 1. The van der Waals surface area contributed by atoms with Gasteiger partial charge in [-0.05, 0) is 57.4 Å². The lowest BCUT2D eigenvalue weighted by Gasteiger charge is -2.30. The van der Waals surface area contributed by atoms with Crippen molar-refractivity contribution < 1.29 is 13.2 Å². The van der Waals surface area contributed by atoms with E-state index < -0.39 is 15.6 Å². The van der Waals surface area contributed by atoms with E-state index >= 15 is 0 Å². The molecule has 0 aliphatic rings. The van der Waals surface area contributed by atoms with Gasteiger partial charge < -0.3 is 10.5 Å². The van der Waals surface area contributed by atoms with Crippen molar-refractivity contribution >= 4 is 22.4 Å². The van der Waals surface area contributed by atoms with Crippen molar-refractivity contribution in [3.05, 3.63) is 24.3 Å². The Morgan fingerprint density at radius 2 is 1.70 bits per heavy atom. The molecular weight excluding hydrogens is 336 g/mol. The van der Waals surface area contributed by atoms with Crippen molar-refractivity contribution in [1.82, 2.24) is 4.72 Å². The Hall–Kier alpha value is -0.820. The Labute approximate surface area is 146 Å². The molecule has 5 nitrogen and oxygen atoms in total. The van der Waals surface area contributed by atoms with Gasteiger partial charge in [-0.3, -0.25) is 0 Å². The number of hydrogen-bond acceptors (Lipinski definition) is 4. The molecule has 0 spiro atoms. The summed E-state index contributed by atoms with van der Waals surface area (Å²) in [5, 5.41) is 0. The molecule has 3 N–H and O–H groups in total. The summed E-state index contributed by atoms with van der Waals surface area (Å²) in [6, 6.07) is 6.42. The first-order chi connectivity index (χ1) is 10.1. The molecule has 1 atom stereocenters. The van der Waals surface area contributed by atoms with Crippen LogP contribution in [0.1, 0.15) is 41.0 Å². The fourth-order valence-corrected chi connectivity index (χ4v) is 3.85. The minimum Gasteiger partial charge on any atom is -0.491 e. The molecule has 0 aliphatic carbocycles. The first-order valence-electron chi connectivity index (χ1n) is 7.59. The molecule has 1 rings (SSSR count). The van der Waals surface area contributed by atoms with Gasteiger partial charge in [0, 0.05) is 12.1 Å². The van der Waals surface area contributed by atoms with Crippen LogP contribution >= 0.6 is 12.4 Å². The predicted molar refractivity (Wildman–Crippen MR) is 96.7 cm³/mol. The van der Waals surface area contributed by atoms with E-state index in [-0.39, 0.29) is 30.0 Å². The summed E-state index contributed by atoms with van der Waals surface area (Å²) in [5.74, 6) is 0.996. The molecule has 134 valence electrons. The molecule has 1 aromatic rings. The molecule has 0 saturated carbocycles. The van der Waals surface area contributed by atoms with Crippen LogP contribution in [0.2, 0.25) is 0 Å². The SMILES string of the molecule is CC(C)CC(C)(CN)NS(=O)(=O)c1ccc(OC(C)C)cc1.Cl. The zero-order valence-corrected chi connectivity index (χ0v) is 16.1. The number of nitrogens with two attached hydrogens (primary N) is 1. The zero-order chi connectivity index (χ0) is 17.0. The average molecular weight is 365 g/mol. The number of hydrogen-bond donors (Lipinski definition) is 2. The standard InChI is InChI=1S/C16H28N2O3S.ClH/c1-12(2)10-16(5,11-17)18-22(19,20)15-8-6-14(7-9-15)21-13(3)4;/h6-9,12-13,18H,10-11,17H2,1-5H3;1H. The fraction of sp³-hybridized carbons (Fsp3) is 0.625. The maximum absolute atomic E-state index is 12.5. The Kier molecular flexibility index (Phi) is 8.56. The second kappa shape index (κ2) is 8.87. The van der Waals surface area contributed by atoms with Crippen LogP contribution < -0.4 is 15.2 Å². The lowest BCUT2D eigenvalue weighted by molar-refractivity contribution is 0.242. The van der Waals surface area contributed by atoms with Crippen LogP contribution in [0.25, 0.3) is 0 Å². The van der Waals surface area contributed by atoms with Gasteiger partial charge in [-0.1, -0.05) is 13.8 Å². The molecule has 0 fully saturated rings. The second-order valence-electron chi connectivity index (χ2n) is 6.61. The molecule has 23 heavy (non-hydrogen) atoms. The van der Waals surface area contributed by atoms with Crippen LogP contribution in [0.15, 0.2) is 29.2 Å². The van der Waals surface area contributed by atoms with E-state index in [2.05, 4.69) is 4.72 Å². The molecule has 7 heteroatoms. The van der Waals surface area contributed by atoms with Crippen molar-refractivity contribution in [3.63, 3.8) is 0 Å². The van der Waals surface area contributed by atoms with Crippen LogP contribution in [0, 0.1) is 5.92 Å². The molecule has 1 unspecified atom stereocenters. The van der Waals surface area contributed by atoms with Crippen LogP contribution in [-0.4, -0.2) is 26.6 Å². The maximum Gasteiger partial charge on any atom is 0.241 e. The van der Waals surface area contributed by atoms with E-state index in [1.165, 1.54) is 0 Å². The van der Waals surface area contributed by atoms with Gasteiger partial charge in [0.15, 0.2) is 0 Å². The minimum absolute atomic E-state index is 0. The van der Waals surface area contributed by atoms with Gasteiger partial charge in [-0.15, -0.1) is 12.4 Å². The van der Waals surface area contributed by atoms with Crippen molar-refractivity contribution in [2.75, 3.05) is 6.54 Å². The minimum atomic E-state index is -3.61. The lowest BCUT2D eigenvalue weighted by atomic mass is 9.92. The largest absolute Gasteiger partial charge is 0.491 e. The Morgan fingerprint density at radius 3 is 2.09 bits per heavy atom. The fourth-order valence-electron chi connectivity index (χ4n) is 2.42. The highest BCUT2D eigenvalue weighted by atomic mass is 35.5. The van der Waals surface area contributed by atoms with Gasteiger partial charge in [0.1, 0.15) is 5.75 Å². The van der Waals surface area contributed by atoms with E-state index in [0.29, 0.717) is 18.1 Å². The third-order valence-corrected chi connectivity index (χ3v) is 4.85. The third-order valence-electron chi connectivity index (χ3n) is 3.20. The Morgan fingerprint density at radius 1 is 1.17 bits per heavy atom.